The maximum atomic E-state index is 12.6. The van der Waals surface area contributed by atoms with E-state index >= 15 is 0 Å². The molecule has 108 valence electrons. The van der Waals surface area contributed by atoms with Crippen LogP contribution in [0.5, 0.6) is 0 Å². The number of H-pyrrole nitrogens is 1. The minimum absolute atomic E-state index is 0.159. The normalized spacial score (nSPS) is 19.2. The van der Waals surface area contributed by atoms with Crippen molar-refractivity contribution in [2.24, 2.45) is 5.73 Å². The average Bonchev–Trinajstić information content (AvgIpc) is 3.07. The molecule has 19 heavy (non-hydrogen) atoms. The van der Waals surface area contributed by atoms with Crippen molar-refractivity contribution < 1.29 is 8.42 Å². The largest absolute Gasteiger partial charge is 0.332 e. The Labute approximate surface area is 114 Å². The number of nitrogens with zero attached hydrogens (tertiary/aromatic N) is 2. The third-order valence-electron chi connectivity index (χ3n) is 4.16. The summed E-state index contributed by atoms with van der Waals surface area (Å²) in [5.41, 5.74) is 5.41. The molecule has 3 N–H and O–H groups in total. The number of aryl methyl sites for hydroxylation is 1. The molecule has 1 fully saturated rings. The Morgan fingerprint density at radius 2 is 2.11 bits per heavy atom. The summed E-state index contributed by atoms with van der Waals surface area (Å²) in [5, 5.41) is 0.159. The molecule has 0 bridgehead atoms. The van der Waals surface area contributed by atoms with Crippen molar-refractivity contribution in [1.82, 2.24) is 14.3 Å². The summed E-state index contributed by atoms with van der Waals surface area (Å²) >= 11 is 0. The summed E-state index contributed by atoms with van der Waals surface area (Å²) in [7, 11) is -1.92. The van der Waals surface area contributed by atoms with Gasteiger partial charge in [-0.05, 0) is 12.8 Å². The summed E-state index contributed by atoms with van der Waals surface area (Å²) < 4.78 is 26.7. The first-order valence-corrected chi connectivity index (χ1v) is 8.13. The van der Waals surface area contributed by atoms with Crippen molar-refractivity contribution in [2.45, 2.75) is 49.6 Å². The maximum Gasteiger partial charge on any atom is 0.260 e. The van der Waals surface area contributed by atoms with Crippen LogP contribution in [0.25, 0.3) is 0 Å². The van der Waals surface area contributed by atoms with E-state index in [-0.39, 0.29) is 5.03 Å². The quantitative estimate of drug-likeness (QED) is 0.840. The van der Waals surface area contributed by atoms with Crippen molar-refractivity contribution in [1.29, 1.82) is 0 Å². The lowest BCUT2D eigenvalue weighted by Gasteiger charge is -2.36. The van der Waals surface area contributed by atoms with Gasteiger partial charge in [-0.3, -0.25) is 0 Å². The molecule has 0 unspecified atom stereocenters. The first kappa shape index (κ1) is 14.5. The van der Waals surface area contributed by atoms with E-state index in [9.17, 15) is 8.42 Å². The van der Waals surface area contributed by atoms with Gasteiger partial charge >= 0.3 is 0 Å². The van der Waals surface area contributed by atoms with E-state index in [2.05, 4.69) is 9.97 Å². The summed E-state index contributed by atoms with van der Waals surface area (Å²) in [5.74, 6) is 0.681. The molecule has 0 saturated heterocycles. The minimum atomic E-state index is -3.55. The van der Waals surface area contributed by atoms with Gasteiger partial charge in [0.1, 0.15) is 5.82 Å². The molecule has 1 aromatic rings. The van der Waals surface area contributed by atoms with Crippen LogP contribution in [0.2, 0.25) is 0 Å². The molecule has 6 nitrogen and oxygen atoms in total. The summed E-state index contributed by atoms with van der Waals surface area (Å²) in [6, 6.07) is 0. The molecule has 1 aliphatic rings. The molecule has 0 spiro atoms. The number of aromatic amines is 1. The van der Waals surface area contributed by atoms with E-state index in [1.165, 1.54) is 10.5 Å². The highest BCUT2D eigenvalue weighted by Crippen LogP contribution is 2.36. The fourth-order valence-corrected chi connectivity index (χ4v) is 4.23. The molecule has 2 rings (SSSR count). The summed E-state index contributed by atoms with van der Waals surface area (Å²) in [4.78, 5) is 6.93. The standard InChI is InChI=1S/C12H22N4O2S/c1-3-10-14-8-11(15-10)19(17,18)16(2)12(9-13)6-4-5-7-12/h8H,3-7,9,13H2,1-2H3,(H,14,15). The second-order valence-electron chi connectivity index (χ2n) is 5.16. The lowest BCUT2D eigenvalue weighted by atomic mass is 9.98. The molecule has 1 aliphatic carbocycles. The van der Waals surface area contributed by atoms with Crippen molar-refractivity contribution in [3.63, 3.8) is 0 Å². The Kier molecular flexibility index (Phi) is 3.98. The number of sulfonamides is 1. The lowest BCUT2D eigenvalue weighted by molar-refractivity contribution is 0.230. The van der Waals surface area contributed by atoms with Crippen LogP contribution >= 0.6 is 0 Å². The van der Waals surface area contributed by atoms with Crippen LogP contribution in [0.15, 0.2) is 11.2 Å². The number of hydrogen-bond donors (Lipinski definition) is 2. The van der Waals surface area contributed by atoms with E-state index in [1.807, 2.05) is 6.92 Å². The highest BCUT2D eigenvalue weighted by Gasteiger charge is 2.43. The highest BCUT2D eigenvalue weighted by molar-refractivity contribution is 7.89. The van der Waals surface area contributed by atoms with E-state index in [4.69, 9.17) is 5.73 Å². The van der Waals surface area contributed by atoms with E-state index in [0.29, 0.717) is 18.8 Å². The average molecular weight is 286 g/mol. The molecular formula is C12H22N4O2S. The zero-order chi connectivity index (χ0) is 14.1. The summed E-state index contributed by atoms with van der Waals surface area (Å²) in [6.45, 7) is 2.29. The van der Waals surface area contributed by atoms with E-state index in [1.54, 1.807) is 7.05 Å². The van der Waals surface area contributed by atoms with Crippen LogP contribution in [-0.2, 0) is 16.4 Å². The van der Waals surface area contributed by atoms with Crippen LogP contribution in [0.4, 0.5) is 0 Å². The first-order chi connectivity index (χ1) is 8.96. The Hall–Kier alpha value is -0.920. The predicted octanol–water partition coefficient (Wildman–Crippen LogP) is 0.864. The number of likely N-dealkylation sites (N-methyl/N-ethyl adjacent to an activating group) is 1. The number of hydrogen-bond acceptors (Lipinski definition) is 4. The smallest absolute Gasteiger partial charge is 0.260 e. The van der Waals surface area contributed by atoms with E-state index in [0.717, 1.165) is 25.7 Å². The van der Waals surface area contributed by atoms with Gasteiger partial charge < -0.3 is 10.7 Å². The van der Waals surface area contributed by atoms with Crippen LogP contribution in [0, 0.1) is 0 Å². The fourth-order valence-electron chi connectivity index (χ4n) is 2.74. The number of imidazole rings is 1. The Morgan fingerprint density at radius 1 is 1.47 bits per heavy atom. The maximum absolute atomic E-state index is 12.6. The van der Waals surface area contributed by atoms with Gasteiger partial charge in [-0.25, -0.2) is 13.4 Å². The van der Waals surface area contributed by atoms with Crippen LogP contribution < -0.4 is 5.73 Å². The monoisotopic (exact) mass is 286 g/mol. The van der Waals surface area contributed by atoms with Gasteiger partial charge in [0.25, 0.3) is 10.0 Å². The summed E-state index contributed by atoms with van der Waals surface area (Å²) in [6.07, 6.45) is 5.79. The van der Waals surface area contributed by atoms with Crippen molar-refractivity contribution in [3.8, 4) is 0 Å². The molecule has 0 aliphatic heterocycles. The van der Waals surface area contributed by atoms with Gasteiger partial charge in [-0.1, -0.05) is 19.8 Å². The first-order valence-electron chi connectivity index (χ1n) is 6.69. The molecule has 1 aromatic heterocycles. The van der Waals surface area contributed by atoms with Crippen LogP contribution in [0.1, 0.15) is 38.4 Å². The molecule has 1 saturated carbocycles. The number of aromatic nitrogens is 2. The van der Waals surface area contributed by atoms with Gasteiger partial charge in [-0.2, -0.15) is 4.31 Å². The van der Waals surface area contributed by atoms with Gasteiger partial charge in [0.15, 0.2) is 5.03 Å². The van der Waals surface area contributed by atoms with Crippen LogP contribution in [0.3, 0.4) is 0 Å². The third-order valence-corrected chi connectivity index (χ3v) is 6.03. The van der Waals surface area contributed by atoms with Crippen molar-refractivity contribution >= 4 is 10.0 Å². The SMILES string of the molecule is CCc1ncc(S(=O)(=O)N(C)C2(CN)CCCC2)[nH]1. The second kappa shape index (κ2) is 5.22. The molecule has 0 radical (unpaired) electrons. The van der Waals surface area contributed by atoms with E-state index < -0.39 is 15.6 Å². The van der Waals surface area contributed by atoms with Crippen molar-refractivity contribution in [2.75, 3.05) is 13.6 Å². The topological polar surface area (TPSA) is 92.1 Å². The van der Waals surface area contributed by atoms with Gasteiger partial charge in [0.05, 0.1) is 6.20 Å². The molecule has 1 heterocycles. The van der Waals surface area contributed by atoms with Crippen molar-refractivity contribution in [3.05, 3.63) is 12.0 Å². The molecule has 0 amide bonds. The lowest BCUT2D eigenvalue weighted by Crippen LogP contribution is -2.52. The fraction of sp³-hybridized carbons (Fsp3) is 0.750. The Bertz CT molecular complexity index is 532. The molecule has 0 atom stereocenters. The molecule has 7 heteroatoms. The van der Waals surface area contributed by atoms with Gasteiger partial charge in [0, 0.05) is 25.6 Å². The molecular weight excluding hydrogens is 264 g/mol. The Morgan fingerprint density at radius 3 is 2.58 bits per heavy atom. The third kappa shape index (κ3) is 2.42. The number of rotatable bonds is 5. The number of nitrogens with one attached hydrogen (secondary N) is 1. The highest BCUT2D eigenvalue weighted by atomic mass is 32.2. The van der Waals surface area contributed by atoms with Gasteiger partial charge in [-0.15, -0.1) is 0 Å². The van der Waals surface area contributed by atoms with Gasteiger partial charge in [0.2, 0.25) is 0 Å². The zero-order valence-electron chi connectivity index (χ0n) is 11.5. The zero-order valence-corrected chi connectivity index (χ0v) is 12.3. The predicted molar refractivity (Wildman–Crippen MR) is 73.2 cm³/mol. The molecule has 0 aromatic carbocycles. The number of nitrogens with two attached hydrogens (primary N) is 1. The minimum Gasteiger partial charge on any atom is -0.332 e. The van der Waals surface area contributed by atoms with Crippen LogP contribution in [-0.4, -0.2) is 41.8 Å². The second-order valence-corrected chi connectivity index (χ2v) is 7.09. The Balaban J connectivity index is 2.33.